The third-order valence-corrected chi connectivity index (χ3v) is 5.09. The van der Waals surface area contributed by atoms with Gasteiger partial charge in [0.05, 0.1) is 13.2 Å². The Balaban J connectivity index is 1.66. The summed E-state index contributed by atoms with van der Waals surface area (Å²) in [4.78, 5) is 38.7. The highest BCUT2D eigenvalue weighted by atomic mass is 19.1. The highest BCUT2D eigenvalue weighted by Gasteiger charge is 2.50. The molecule has 1 atom stereocenters. The first-order valence-electron chi connectivity index (χ1n) is 9.09. The van der Waals surface area contributed by atoms with Crippen LogP contribution in [0.15, 0.2) is 36.4 Å². The van der Waals surface area contributed by atoms with Gasteiger partial charge in [0.2, 0.25) is 0 Å². The van der Waals surface area contributed by atoms with E-state index in [-0.39, 0.29) is 37.6 Å². The van der Waals surface area contributed by atoms with Crippen LogP contribution >= 0.6 is 0 Å². The number of rotatable bonds is 6. The molecule has 2 aromatic carbocycles. The average molecular weight is 417 g/mol. The summed E-state index contributed by atoms with van der Waals surface area (Å²) in [6.45, 7) is -0.585. The van der Waals surface area contributed by atoms with Crippen molar-refractivity contribution < 1.29 is 33.0 Å². The zero-order valence-corrected chi connectivity index (χ0v) is 15.6. The van der Waals surface area contributed by atoms with Gasteiger partial charge in [0.15, 0.2) is 17.1 Å². The zero-order chi connectivity index (χ0) is 21.5. The number of amides is 4. The summed E-state index contributed by atoms with van der Waals surface area (Å²) >= 11 is 0. The van der Waals surface area contributed by atoms with Crippen molar-refractivity contribution in [3.8, 4) is 5.75 Å². The van der Waals surface area contributed by atoms with Crippen LogP contribution < -0.4 is 15.4 Å². The molecule has 3 N–H and O–H groups in total. The van der Waals surface area contributed by atoms with Crippen LogP contribution in [0.5, 0.6) is 5.75 Å². The van der Waals surface area contributed by atoms with Crippen molar-refractivity contribution in [2.45, 2.75) is 12.1 Å². The summed E-state index contributed by atoms with van der Waals surface area (Å²) in [6.07, 6.45) is 0. The van der Waals surface area contributed by atoms with Crippen molar-refractivity contribution in [1.82, 2.24) is 15.5 Å². The Kier molecular flexibility index (Phi) is 4.86. The molecule has 4 rings (SSSR count). The topological polar surface area (TPSA) is 108 Å². The van der Waals surface area contributed by atoms with Gasteiger partial charge in [-0.15, -0.1) is 0 Å². The maximum absolute atomic E-state index is 14.2. The van der Waals surface area contributed by atoms with Gasteiger partial charge in [-0.3, -0.25) is 14.9 Å². The van der Waals surface area contributed by atoms with Gasteiger partial charge in [0.25, 0.3) is 11.8 Å². The normalized spacial score (nSPS) is 20.2. The third kappa shape index (κ3) is 3.24. The van der Waals surface area contributed by atoms with E-state index in [0.29, 0.717) is 11.1 Å². The number of halogens is 2. The SMILES string of the molecule is O=C1NC(=O)C(CN2Cc3cc(OCCO)c(F)cc3C2=O)(c2ccc(F)cc2)N1. The zero-order valence-electron chi connectivity index (χ0n) is 15.6. The predicted molar refractivity (Wildman–Crippen MR) is 98.5 cm³/mol. The Morgan fingerprint density at radius 3 is 2.50 bits per heavy atom. The van der Waals surface area contributed by atoms with Crippen molar-refractivity contribution in [3.05, 3.63) is 64.7 Å². The first-order chi connectivity index (χ1) is 14.3. The quantitative estimate of drug-likeness (QED) is 0.609. The number of urea groups is 1. The Morgan fingerprint density at radius 1 is 1.13 bits per heavy atom. The fourth-order valence-electron chi connectivity index (χ4n) is 3.69. The molecule has 0 spiro atoms. The van der Waals surface area contributed by atoms with Crippen molar-refractivity contribution >= 4 is 17.8 Å². The van der Waals surface area contributed by atoms with Crippen LogP contribution in [0.3, 0.4) is 0 Å². The summed E-state index contributed by atoms with van der Waals surface area (Å²) in [5, 5.41) is 13.5. The van der Waals surface area contributed by atoms with Crippen LogP contribution in [-0.2, 0) is 16.9 Å². The summed E-state index contributed by atoms with van der Waals surface area (Å²) in [5.74, 6) is -2.57. The summed E-state index contributed by atoms with van der Waals surface area (Å²) in [6, 6.07) is 6.69. The first kappa shape index (κ1) is 19.8. The summed E-state index contributed by atoms with van der Waals surface area (Å²) in [5.41, 5.74) is -0.720. The van der Waals surface area contributed by atoms with E-state index in [1.807, 2.05) is 0 Å². The molecule has 10 heteroatoms. The lowest BCUT2D eigenvalue weighted by Gasteiger charge is -2.31. The summed E-state index contributed by atoms with van der Waals surface area (Å²) < 4.78 is 32.7. The highest BCUT2D eigenvalue weighted by molar-refractivity contribution is 6.08. The van der Waals surface area contributed by atoms with E-state index in [0.717, 1.165) is 18.2 Å². The number of ether oxygens (including phenoxy) is 1. The molecular formula is C20H17F2N3O5. The number of carbonyl (C=O) groups is 3. The molecular weight excluding hydrogens is 400 g/mol. The van der Waals surface area contributed by atoms with Crippen LogP contribution in [0, 0.1) is 11.6 Å². The van der Waals surface area contributed by atoms with Crippen molar-refractivity contribution in [1.29, 1.82) is 0 Å². The lowest BCUT2D eigenvalue weighted by atomic mass is 9.89. The Morgan fingerprint density at radius 2 is 1.87 bits per heavy atom. The Bertz CT molecular complexity index is 1040. The molecule has 2 heterocycles. The molecule has 0 aromatic heterocycles. The second-order valence-corrected chi connectivity index (χ2v) is 6.99. The molecule has 2 aromatic rings. The standard InChI is InChI=1S/C20H17F2N3O5/c21-13-3-1-12(2-4-13)20(18(28)23-19(29)24-20)10-25-9-11-7-16(30-6-5-26)15(22)8-14(11)17(25)27/h1-4,7-8,26H,5-6,9-10H2,(H2,23,24,28,29). The second kappa shape index (κ2) is 7.38. The Hall–Kier alpha value is -3.53. The molecule has 8 nitrogen and oxygen atoms in total. The van der Waals surface area contributed by atoms with Gasteiger partial charge in [-0.1, -0.05) is 12.1 Å². The van der Waals surface area contributed by atoms with Crippen LogP contribution in [0.25, 0.3) is 0 Å². The predicted octanol–water partition coefficient (Wildman–Crippen LogP) is 1.03. The van der Waals surface area contributed by atoms with Gasteiger partial charge >= 0.3 is 6.03 Å². The molecule has 1 saturated heterocycles. The molecule has 0 aliphatic carbocycles. The number of fused-ring (bicyclic) bond motifs is 1. The van der Waals surface area contributed by atoms with Gasteiger partial charge in [-0.05, 0) is 35.4 Å². The molecule has 2 aliphatic heterocycles. The summed E-state index contributed by atoms with van der Waals surface area (Å²) in [7, 11) is 0. The minimum absolute atomic E-state index is 0.0516. The fourth-order valence-corrected chi connectivity index (χ4v) is 3.69. The van der Waals surface area contributed by atoms with Crippen molar-refractivity contribution in [2.75, 3.05) is 19.8 Å². The smallest absolute Gasteiger partial charge is 0.322 e. The largest absolute Gasteiger partial charge is 0.488 e. The van der Waals surface area contributed by atoms with Gasteiger partial charge in [-0.2, -0.15) is 0 Å². The number of hydrogen-bond donors (Lipinski definition) is 3. The van der Waals surface area contributed by atoms with E-state index in [1.165, 1.54) is 23.1 Å². The molecule has 30 heavy (non-hydrogen) atoms. The highest BCUT2D eigenvalue weighted by Crippen LogP contribution is 2.33. The fraction of sp³-hybridized carbons (Fsp3) is 0.250. The lowest BCUT2D eigenvalue weighted by Crippen LogP contribution is -2.52. The van der Waals surface area contributed by atoms with Crippen LogP contribution in [0.4, 0.5) is 13.6 Å². The van der Waals surface area contributed by atoms with Gasteiger partial charge in [-0.25, -0.2) is 13.6 Å². The molecule has 156 valence electrons. The minimum Gasteiger partial charge on any atom is -0.488 e. The molecule has 0 radical (unpaired) electrons. The molecule has 0 saturated carbocycles. The lowest BCUT2D eigenvalue weighted by molar-refractivity contribution is -0.124. The minimum atomic E-state index is -1.61. The molecule has 4 amide bonds. The van der Waals surface area contributed by atoms with Gasteiger partial charge in [0, 0.05) is 12.1 Å². The number of aliphatic hydroxyl groups excluding tert-OH is 1. The molecule has 0 bridgehead atoms. The van der Waals surface area contributed by atoms with E-state index < -0.39 is 35.0 Å². The van der Waals surface area contributed by atoms with Gasteiger partial charge in [0.1, 0.15) is 12.4 Å². The monoisotopic (exact) mass is 417 g/mol. The maximum atomic E-state index is 14.2. The number of carbonyl (C=O) groups excluding carboxylic acids is 3. The Labute approximate surface area is 169 Å². The molecule has 1 unspecified atom stereocenters. The second-order valence-electron chi connectivity index (χ2n) is 6.99. The van der Waals surface area contributed by atoms with E-state index in [4.69, 9.17) is 9.84 Å². The number of nitrogens with one attached hydrogen (secondary N) is 2. The first-order valence-corrected chi connectivity index (χ1v) is 9.09. The third-order valence-electron chi connectivity index (χ3n) is 5.09. The van der Waals surface area contributed by atoms with Crippen LogP contribution in [-0.4, -0.2) is 47.6 Å². The number of aliphatic hydroxyl groups is 1. The molecule has 2 aliphatic rings. The van der Waals surface area contributed by atoms with Crippen LogP contribution in [0.1, 0.15) is 21.5 Å². The van der Waals surface area contributed by atoms with E-state index in [9.17, 15) is 23.2 Å². The van der Waals surface area contributed by atoms with Crippen molar-refractivity contribution in [2.24, 2.45) is 0 Å². The average Bonchev–Trinajstić information content (AvgIpc) is 3.16. The number of imide groups is 1. The van der Waals surface area contributed by atoms with Gasteiger partial charge < -0.3 is 20.1 Å². The van der Waals surface area contributed by atoms with E-state index in [1.54, 1.807) is 0 Å². The van der Waals surface area contributed by atoms with Crippen molar-refractivity contribution in [3.63, 3.8) is 0 Å². The maximum Gasteiger partial charge on any atom is 0.322 e. The van der Waals surface area contributed by atoms with E-state index >= 15 is 0 Å². The van der Waals surface area contributed by atoms with E-state index in [2.05, 4.69) is 10.6 Å². The number of benzene rings is 2. The molecule has 1 fully saturated rings. The number of nitrogens with zero attached hydrogens (tertiary/aromatic N) is 1. The van der Waals surface area contributed by atoms with Crippen LogP contribution in [0.2, 0.25) is 0 Å². The number of hydrogen-bond acceptors (Lipinski definition) is 5.